The van der Waals surface area contributed by atoms with Crippen molar-refractivity contribution in [2.24, 2.45) is 11.8 Å². The number of hydrogen-bond acceptors (Lipinski definition) is 4. The summed E-state index contributed by atoms with van der Waals surface area (Å²) < 4.78 is 0. The van der Waals surface area contributed by atoms with Crippen LogP contribution in [0.1, 0.15) is 34.9 Å². The number of thiophene rings is 1. The van der Waals surface area contributed by atoms with E-state index in [4.69, 9.17) is 0 Å². The van der Waals surface area contributed by atoms with E-state index in [0.29, 0.717) is 19.5 Å². The third kappa shape index (κ3) is 2.77. The van der Waals surface area contributed by atoms with E-state index in [-0.39, 0.29) is 29.7 Å². The molecule has 5 heteroatoms. The molecular formula is C22H22N2O2S. The van der Waals surface area contributed by atoms with Crippen LogP contribution in [0.15, 0.2) is 53.9 Å². The monoisotopic (exact) mass is 378 g/mol. The molecule has 3 aliphatic rings. The fourth-order valence-electron chi connectivity index (χ4n) is 4.74. The summed E-state index contributed by atoms with van der Waals surface area (Å²) in [6.07, 6.45) is 6.45. The Hall–Kier alpha value is -2.24. The van der Waals surface area contributed by atoms with Gasteiger partial charge in [0.05, 0.1) is 24.5 Å². The Labute approximate surface area is 163 Å². The minimum Gasteiger partial charge on any atom is -0.274 e. The van der Waals surface area contributed by atoms with Crippen molar-refractivity contribution >= 4 is 23.2 Å². The van der Waals surface area contributed by atoms with Crippen molar-refractivity contribution in [2.75, 3.05) is 13.2 Å². The van der Waals surface area contributed by atoms with Crippen molar-refractivity contribution < 1.29 is 9.59 Å². The molecule has 0 radical (unpaired) electrons. The molecule has 0 saturated carbocycles. The van der Waals surface area contributed by atoms with Crippen LogP contribution >= 0.6 is 11.3 Å². The first-order valence-corrected chi connectivity index (χ1v) is 10.5. The summed E-state index contributed by atoms with van der Waals surface area (Å²) >= 11 is 1.80. The van der Waals surface area contributed by atoms with Gasteiger partial charge in [-0.2, -0.15) is 0 Å². The molecule has 3 unspecified atom stereocenters. The van der Waals surface area contributed by atoms with Crippen molar-refractivity contribution in [2.45, 2.75) is 25.3 Å². The summed E-state index contributed by atoms with van der Waals surface area (Å²) in [5, 5.41) is 2.15. The van der Waals surface area contributed by atoms with Gasteiger partial charge in [-0.15, -0.1) is 11.3 Å². The summed E-state index contributed by atoms with van der Waals surface area (Å²) in [6, 6.07) is 12.7. The number of allylic oxidation sites excluding steroid dienone is 2. The molecule has 3 atom stereocenters. The Morgan fingerprint density at radius 2 is 1.67 bits per heavy atom. The number of rotatable bonds is 3. The predicted octanol–water partition coefficient (Wildman–Crippen LogP) is 3.60. The molecule has 1 fully saturated rings. The van der Waals surface area contributed by atoms with Crippen LogP contribution < -0.4 is 0 Å². The summed E-state index contributed by atoms with van der Waals surface area (Å²) in [5.74, 6) is -0.284. The normalized spacial score (nSPS) is 27.7. The Morgan fingerprint density at radius 1 is 0.963 bits per heavy atom. The van der Waals surface area contributed by atoms with Gasteiger partial charge in [0, 0.05) is 11.4 Å². The first kappa shape index (κ1) is 16.9. The largest absolute Gasteiger partial charge is 0.274 e. The van der Waals surface area contributed by atoms with Gasteiger partial charge in [-0.1, -0.05) is 42.5 Å². The van der Waals surface area contributed by atoms with Gasteiger partial charge in [-0.25, -0.2) is 0 Å². The Morgan fingerprint density at radius 3 is 2.37 bits per heavy atom. The van der Waals surface area contributed by atoms with Crippen molar-refractivity contribution in [3.63, 3.8) is 0 Å². The smallest absolute Gasteiger partial charge is 0.234 e. The van der Waals surface area contributed by atoms with Crippen molar-refractivity contribution in [3.8, 4) is 0 Å². The maximum Gasteiger partial charge on any atom is 0.234 e. The lowest BCUT2D eigenvalue weighted by atomic mass is 9.85. The third-order valence-corrected chi connectivity index (χ3v) is 7.10. The van der Waals surface area contributed by atoms with Crippen LogP contribution in [0, 0.1) is 11.8 Å². The summed E-state index contributed by atoms with van der Waals surface area (Å²) in [5.41, 5.74) is 2.53. The molecule has 4 nitrogen and oxygen atoms in total. The van der Waals surface area contributed by atoms with Gasteiger partial charge >= 0.3 is 0 Å². The van der Waals surface area contributed by atoms with Crippen LogP contribution in [0.25, 0.3) is 0 Å². The van der Waals surface area contributed by atoms with Gasteiger partial charge in [-0.05, 0) is 41.8 Å². The van der Waals surface area contributed by atoms with Crippen LogP contribution in [0.5, 0.6) is 0 Å². The lowest BCUT2D eigenvalue weighted by molar-refractivity contribution is -0.142. The van der Waals surface area contributed by atoms with E-state index < -0.39 is 0 Å². The van der Waals surface area contributed by atoms with Crippen LogP contribution in [0.2, 0.25) is 0 Å². The molecule has 0 bridgehead atoms. The second-order valence-electron chi connectivity index (χ2n) is 7.58. The number of benzene rings is 1. The molecule has 138 valence electrons. The summed E-state index contributed by atoms with van der Waals surface area (Å²) in [6.45, 7) is 1.25. The number of carbonyl (C=O) groups excluding carboxylic acids is 2. The molecule has 2 aliphatic heterocycles. The van der Waals surface area contributed by atoms with E-state index in [0.717, 1.165) is 13.0 Å². The van der Waals surface area contributed by atoms with Gasteiger partial charge in [0.25, 0.3) is 0 Å². The van der Waals surface area contributed by atoms with Crippen molar-refractivity contribution in [3.05, 3.63) is 69.9 Å². The van der Waals surface area contributed by atoms with Crippen LogP contribution in [-0.2, 0) is 16.0 Å². The molecule has 3 heterocycles. The molecule has 5 rings (SSSR count). The van der Waals surface area contributed by atoms with E-state index in [1.165, 1.54) is 20.9 Å². The minimum absolute atomic E-state index is 0.0114. The molecule has 27 heavy (non-hydrogen) atoms. The van der Waals surface area contributed by atoms with E-state index in [2.05, 4.69) is 40.6 Å². The Kier molecular flexibility index (Phi) is 4.21. The highest BCUT2D eigenvalue weighted by molar-refractivity contribution is 7.10. The molecule has 0 spiro atoms. The van der Waals surface area contributed by atoms with E-state index in [9.17, 15) is 9.59 Å². The average molecular weight is 378 g/mol. The van der Waals surface area contributed by atoms with Crippen LogP contribution in [0.3, 0.4) is 0 Å². The molecular weight excluding hydrogens is 356 g/mol. The highest BCUT2D eigenvalue weighted by Gasteiger charge is 2.48. The predicted molar refractivity (Wildman–Crippen MR) is 105 cm³/mol. The zero-order valence-electron chi connectivity index (χ0n) is 15.1. The SMILES string of the molecule is O=C1C2CC=CCC2C(=O)N1CN1CCc2sccc2C1c1ccccc1. The van der Waals surface area contributed by atoms with Crippen molar-refractivity contribution in [1.82, 2.24) is 9.80 Å². The van der Waals surface area contributed by atoms with Crippen LogP contribution in [-0.4, -0.2) is 34.8 Å². The number of amides is 2. The molecule has 2 aromatic rings. The number of hydrogen-bond donors (Lipinski definition) is 0. The van der Waals surface area contributed by atoms with Gasteiger partial charge in [0.1, 0.15) is 0 Å². The van der Waals surface area contributed by atoms with Gasteiger partial charge in [0.15, 0.2) is 0 Å². The highest BCUT2D eigenvalue weighted by Crippen LogP contribution is 2.40. The van der Waals surface area contributed by atoms with Gasteiger partial charge in [-0.3, -0.25) is 19.4 Å². The maximum absolute atomic E-state index is 12.9. The van der Waals surface area contributed by atoms with E-state index in [1.807, 2.05) is 18.2 Å². The van der Waals surface area contributed by atoms with Crippen LogP contribution in [0.4, 0.5) is 0 Å². The van der Waals surface area contributed by atoms with Gasteiger partial charge < -0.3 is 0 Å². The number of nitrogens with zero attached hydrogens (tertiary/aromatic N) is 2. The molecule has 1 aliphatic carbocycles. The van der Waals surface area contributed by atoms with E-state index in [1.54, 1.807) is 11.3 Å². The second-order valence-corrected chi connectivity index (χ2v) is 8.58. The average Bonchev–Trinajstić information content (AvgIpc) is 3.28. The lowest BCUT2D eigenvalue weighted by Gasteiger charge is -2.38. The highest BCUT2D eigenvalue weighted by atomic mass is 32.1. The first-order valence-electron chi connectivity index (χ1n) is 9.59. The first-order chi connectivity index (χ1) is 13.2. The Bertz CT molecular complexity index is 878. The fraction of sp³-hybridized carbons (Fsp3) is 0.364. The molecule has 0 N–H and O–H groups in total. The maximum atomic E-state index is 12.9. The number of carbonyl (C=O) groups is 2. The van der Waals surface area contributed by atoms with Gasteiger partial charge in [0.2, 0.25) is 11.8 Å². The number of fused-ring (bicyclic) bond motifs is 2. The number of likely N-dealkylation sites (tertiary alicyclic amines) is 1. The third-order valence-electron chi connectivity index (χ3n) is 6.10. The molecule has 1 saturated heterocycles. The molecule has 2 amide bonds. The molecule has 1 aromatic heterocycles. The zero-order valence-corrected chi connectivity index (χ0v) is 15.9. The number of imide groups is 1. The molecule has 1 aromatic carbocycles. The standard InChI is InChI=1S/C22H22N2O2S/c25-21-16-8-4-5-9-17(16)22(26)24(21)14-23-12-10-19-18(11-13-27-19)20(23)15-6-2-1-3-7-15/h1-7,11,13,16-17,20H,8-10,12,14H2. The summed E-state index contributed by atoms with van der Waals surface area (Å²) in [4.78, 5) is 31.1. The zero-order chi connectivity index (χ0) is 18.4. The minimum atomic E-state index is -0.154. The lowest BCUT2D eigenvalue weighted by Crippen LogP contribution is -2.46. The fourth-order valence-corrected chi connectivity index (χ4v) is 5.64. The topological polar surface area (TPSA) is 40.6 Å². The van der Waals surface area contributed by atoms with Crippen molar-refractivity contribution in [1.29, 1.82) is 0 Å². The second kappa shape index (κ2) is 6.73. The summed E-state index contributed by atoms with van der Waals surface area (Å²) in [7, 11) is 0. The quantitative estimate of drug-likeness (QED) is 0.605. The Balaban J connectivity index is 1.46. The van der Waals surface area contributed by atoms with E-state index >= 15 is 0 Å².